The smallest absolute Gasteiger partial charge is 0.416 e. The topological polar surface area (TPSA) is 96.0 Å². The molecule has 0 fully saturated rings. The predicted octanol–water partition coefficient (Wildman–Crippen LogP) is 3.18. The Kier molecular flexibility index (Phi) is 4.47. The molecular weight excluding hydrogens is 394 g/mol. The number of aromatic hydroxyl groups is 1. The molecule has 128 valence electrons. The van der Waals surface area contributed by atoms with E-state index in [2.05, 4.69) is 5.10 Å². The molecule has 24 heavy (non-hydrogen) atoms. The second-order valence-corrected chi connectivity index (χ2v) is 7.35. The molecule has 6 nitrogen and oxygen atoms in total. The number of nitriles is 1. The normalized spacial score (nSPS) is 12.2. The molecule has 0 saturated heterocycles. The second-order valence-electron chi connectivity index (χ2n) is 4.58. The third-order valence-electron chi connectivity index (χ3n) is 2.85. The van der Waals surface area contributed by atoms with Gasteiger partial charge in [-0.2, -0.15) is 28.2 Å². The van der Waals surface area contributed by atoms with Crippen LogP contribution in [-0.4, -0.2) is 29.6 Å². The third kappa shape index (κ3) is 3.15. The molecule has 0 aliphatic carbocycles. The van der Waals surface area contributed by atoms with Crippen LogP contribution in [0.3, 0.4) is 0 Å². The van der Waals surface area contributed by atoms with Crippen molar-refractivity contribution in [1.82, 2.24) is 9.78 Å². The van der Waals surface area contributed by atoms with Gasteiger partial charge in [0.25, 0.3) is 0 Å². The van der Waals surface area contributed by atoms with Crippen LogP contribution in [0.5, 0.6) is 5.88 Å². The van der Waals surface area contributed by atoms with Gasteiger partial charge in [0.2, 0.25) is 5.88 Å². The van der Waals surface area contributed by atoms with Crippen LogP contribution in [0.1, 0.15) is 11.3 Å². The lowest BCUT2D eigenvalue weighted by Gasteiger charge is -2.12. The number of nitrogens with zero attached hydrogens (tertiary/aromatic N) is 3. The molecule has 2 rings (SSSR count). The SMILES string of the molecule is CS(=O)(=O)c1c(C#N)nn(-c2c(Cl)cc(C(F)(F)F)cc2Cl)c1O. The molecule has 1 heterocycles. The molecule has 0 atom stereocenters. The highest BCUT2D eigenvalue weighted by Gasteiger charge is 2.33. The Bertz CT molecular complexity index is 955. The van der Waals surface area contributed by atoms with Gasteiger partial charge in [-0.15, -0.1) is 0 Å². The Hall–Kier alpha value is -1.96. The fraction of sp³-hybridized carbons (Fsp3) is 0.167. The van der Waals surface area contributed by atoms with Gasteiger partial charge in [-0.3, -0.25) is 0 Å². The van der Waals surface area contributed by atoms with Crippen LogP contribution >= 0.6 is 23.2 Å². The molecule has 0 amide bonds. The minimum atomic E-state index is -4.71. The quantitative estimate of drug-likeness (QED) is 0.836. The van der Waals surface area contributed by atoms with Crippen molar-refractivity contribution in [3.63, 3.8) is 0 Å². The molecule has 0 aliphatic rings. The molecule has 1 aromatic carbocycles. The van der Waals surface area contributed by atoms with E-state index in [0.717, 1.165) is 6.26 Å². The van der Waals surface area contributed by atoms with Crippen LogP contribution < -0.4 is 0 Å². The molecule has 0 bridgehead atoms. The number of sulfone groups is 1. The predicted molar refractivity (Wildman–Crippen MR) is 78.1 cm³/mol. The molecule has 2 aromatic rings. The number of hydrogen-bond donors (Lipinski definition) is 1. The highest BCUT2D eigenvalue weighted by molar-refractivity contribution is 7.90. The Morgan fingerprint density at radius 1 is 1.29 bits per heavy atom. The van der Waals surface area contributed by atoms with Gasteiger partial charge in [0.05, 0.1) is 15.6 Å². The van der Waals surface area contributed by atoms with Crippen molar-refractivity contribution < 1.29 is 26.7 Å². The molecule has 12 heteroatoms. The number of rotatable bonds is 2. The third-order valence-corrected chi connectivity index (χ3v) is 4.55. The lowest BCUT2D eigenvalue weighted by molar-refractivity contribution is -0.137. The summed E-state index contributed by atoms with van der Waals surface area (Å²) in [5.74, 6) is -0.988. The van der Waals surface area contributed by atoms with Crippen molar-refractivity contribution in [3.05, 3.63) is 33.4 Å². The highest BCUT2D eigenvalue weighted by Crippen LogP contribution is 2.39. The van der Waals surface area contributed by atoms with E-state index < -0.39 is 53.8 Å². The van der Waals surface area contributed by atoms with Gasteiger partial charge < -0.3 is 5.11 Å². The minimum absolute atomic E-state index is 0.393. The maximum atomic E-state index is 12.7. The van der Waals surface area contributed by atoms with Crippen molar-refractivity contribution >= 4 is 33.0 Å². The van der Waals surface area contributed by atoms with Crippen LogP contribution in [0, 0.1) is 11.3 Å². The van der Waals surface area contributed by atoms with Crippen molar-refractivity contribution in [2.75, 3.05) is 6.26 Å². The summed E-state index contributed by atoms with van der Waals surface area (Å²) in [4.78, 5) is -0.781. The molecule has 1 N–H and O–H groups in total. The highest BCUT2D eigenvalue weighted by atomic mass is 35.5. The lowest BCUT2D eigenvalue weighted by atomic mass is 10.2. The number of benzene rings is 1. The summed E-state index contributed by atoms with van der Waals surface area (Å²) in [6.07, 6.45) is -3.99. The van der Waals surface area contributed by atoms with E-state index in [1.165, 1.54) is 6.07 Å². The average molecular weight is 400 g/mol. The summed E-state index contributed by atoms with van der Waals surface area (Å²) in [6, 6.07) is 2.55. The van der Waals surface area contributed by atoms with Gasteiger partial charge in [0.1, 0.15) is 11.8 Å². The van der Waals surface area contributed by atoms with Gasteiger partial charge >= 0.3 is 6.18 Å². The molecule has 0 unspecified atom stereocenters. The first-order valence-corrected chi connectivity index (χ1v) is 8.51. The zero-order chi connectivity index (χ0) is 18.4. The summed E-state index contributed by atoms with van der Waals surface area (Å²) in [5.41, 5.74) is -2.19. The lowest BCUT2D eigenvalue weighted by Crippen LogP contribution is -2.07. The Balaban J connectivity index is 2.80. The fourth-order valence-electron chi connectivity index (χ4n) is 1.90. The van der Waals surface area contributed by atoms with E-state index in [-0.39, 0.29) is 0 Å². The van der Waals surface area contributed by atoms with Crippen molar-refractivity contribution in [3.8, 4) is 17.6 Å². The largest absolute Gasteiger partial charge is 0.492 e. The zero-order valence-electron chi connectivity index (χ0n) is 11.6. The van der Waals surface area contributed by atoms with Crippen molar-refractivity contribution in [2.45, 2.75) is 11.1 Å². The average Bonchev–Trinajstić information content (AvgIpc) is 2.74. The molecule has 0 saturated carbocycles. The molecule has 0 aliphatic heterocycles. The number of aromatic nitrogens is 2. The maximum Gasteiger partial charge on any atom is 0.416 e. The van der Waals surface area contributed by atoms with Gasteiger partial charge in [0, 0.05) is 6.26 Å². The van der Waals surface area contributed by atoms with Crippen LogP contribution in [0.2, 0.25) is 10.0 Å². The van der Waals surface area contributed by atoms with E-state index in [9.17, 15) is 26.7 Å². The Morgan fingerprint density at radius 3 is 2.12 bits per heavy atom. The maximum absolute atomic E-state index is 12.7. The number of alkyl halides is 3. The van der Waals surface area contributed by atoms with Crippen LogP contribution in [0.4, 0.5) is 13.2 Å². The summed E-state index contributed by atoms with van der Waals surface area (Å²) >= 11 is 11.6. The van der Waals surface area contributed by atoms with Gasteiger partial charge in [-0.1, -0.05) is 23.2 Å². The van der Waals surface area contributed by atoms with Gasteiger partial charge in [-0.05, 0) is 12.1 Å². The summed E-state index contributed by atoms with van der Waals surface area (Å²) in [5, 5.41) is 21.4. The van der Waals surface area contributed by atoms with Crippen molar-refractivity contribution in [2.24, 2.45) is 0 Å². The zero-order valence-corrected chi connectivity index (χ0v) is 13.9. The second kappa shape index (κ2) is 5.84. The number of halogens is 5. The van der Waals surface area contributed by atoms with E-state index in [1.54, 1.807) is 0 Å². The van der Waals surface area contributed by atoms with Crippen LogP contribution in [0.15, 0.2) is 17.0 Å². The molecule has 0 radical (unpaired) electrons. The van der Waals surface area contributed by atoms with E-state index in [1.807, 2.05) is 0 Å². The Morgan fingerprint density at radius 2 is 1.79 bits per heavy atom. The van der Waals surface area contributed by atoms with E-state index in [0.29, 0.717) is 16.8 Å². The molecule has 0 spiro atoms. The standard InChI is InChI=1S/C12H6Cl2F3N3O3S/c1-24(22,23)10-8(4-18)19-20(11(10)21)9-6(13)2-5(3-7(9)14)12(15,16)17/h2-3,21H,1H3. The molecular formula is C12H6Cl2F3N3O3S. The van der Waals surface area contributed by atoms with Gasteiger partial charge in [-0.25, -0.2) is 8.42 Å². The number of hydrogen-bond acceptors (Lipinski definition) is 5. The summed E-state index contributed by atoms with van der Waals surface area (Å²) < 4.78 is 62.0. The van der Waals surface area contributed by atoms with E-state index >= 15 is 0 Å². The summed E-state index contributed by atoms with van der Waals surface area (Å²) in [7, 11) is -4.04. The van der Waals surface area contributed by atoms with Crippen LogP contribution in [-0.2, 0) is 16.0 Å². The molecule has 1 aromatic heterocycles. The van der Waals surface area contributed by atoms with Crippen molar-refractivity contribution in [1.29, 1.82) is 5.26 Å². The van der Waals surface area contributed by atoms with Gasteiger partial charge in [0.15, 0.2) is 20.4 Å². The first-order valence-electron chi connectivity index (χ1n) is 5.86. The Labute approximate surface area is 143 Å². The first-order chi connectivity index (χ1) is 10.9. The minimum Gasteiger partial charge on any atom is -0.492 e. The monoisotopic (exact) mass is 399 g/mol. The first kappa shape index (κ1) is 18.4. The van der Waals surface area contributed by atoms with Crippen LogP contribution in [0.25, 0.3) is 5.69 Å². The fourth-order valence-corrected chi connectivity index (χ4v) is 3.40. The van der Waals surface area contributed by atoms with E-state index in [4.69, 9.17) is 28.5 Å². The summed E-state index contributed by atoms with van der Waals surface area (Å²) in [6.45, 7) is 0.